The van der Waals surface area contributed by atoms with Crippen molar-refractivity contribution in [3.8, 4) is 0 Å². The highest BCUT2D eigenvalue weighted by Crippen LogP contribution is 1.85. The third kappa shape index (κ3) is 13.7. The molecule has 0 aliphatic carbocycles. The molecule has 0 aromatic carbocycles. The van der Waals surface area contributed by atoms with Gasteiger partial charge in [-0.1, -0.05) is 5.16 Å². The third-order valence-corrected chi connectivity index (χ3v) is 1.27. The van der Waals surface area contributed by atoms with E-state index in [-0.39, 0.29) is 18.8 Å². The van der Waals surface area contributed by atoms with Crippen LogP contribution in [0.15, 0.2) is 5.16 Å². The largest absolute Gasteiger partial charge is 0.466 e. The minimum Gasteiger partial charge on any atom is -0.466 e. The number of rotatable bonds is 5. The average Bonchev–Trinajstić information content (AvgIpc) is 2.30. The van der Waals surface area contributed by atoms with Gasteiger partial charge in [0.15, 0.2) is 0 Å². The van der Waals surface area contributed by atoms with Gasteiger partial charge in [-0.15, -0.1) is 0 Å². The van der Waals surface area contributed by atoms with Crippen molar-refractivity contribution < 1.29 is 24.3 Å². The van der Waals surface area contributed by atoms with Crippen molar-refractivity contribution in [2.24, 2.45) is 10.9 Å². The summed E-state index contributed by atoms with van der Waals surface area (Å²) in [6.07, 6.45) is -0.162. The van der Waals surface area contributed by atoms with Crippen LogP contribution in [0.2, 0.25) is 0 Å². The number of nitrogens with two attached hydrogens (primary N) is 1. The summed E-state index contributed by atoms with van der Waals surface area (Å²) in [4.78, 5) is 23.6. The van der Waals surface area contributed by atoms with Crippen LogP contribution in [0, 0.1) is 6.57 Å². The molecule has 0 spiro atoms. The first-order chi connectivity index (χ1) is 8.51. The molecule has 0 radical (unpaired) electrons. The number of amidine groups is 1. The maximum Gasteiger partial charge on any atom is 0.387 e. The normalized spacial score (nSPS) is 9.50. The van der Waals surface area contributed by atoms with Crippen molar-refractivity contribution in [1.29, 1.82) is 0 Å². The minimum absolute atomic E-state index is 0.140. The fourth-order valence-electron chi connectivity index (χ4n) is 0.666. The average molecular weight is 259 g/mol. The van der Waals surface area contributed by atoms with Gasteiger partial charge >= 0.3 is 18.5 Å². The van der Waals surface area contributed by atoms with E-state index in [9.17, 15) is 9.59 Å². The van der Waals surface area contributed by atoms with Crippen molar-refractivity contribution in [2.75, 3.05) is 19.8 Å². The van der Waals surface area contributed by atoms with Crippen LogP contribution in [-0.4, -0.2) is 42.7 Å². The van der Waals surface area contributed by atoms with Crippen molar-refractivity contribution in [1.82, 2.24) is 0 Å². The molecule has 102 valence electrons. The van der Waals surface area contributed by atoms with Crippen LogP contribution in [-0.2, 0) is 19.1 Å². The lowest BCUT2D eigenvalue weighted by Crippen LogP contribution is -2.18. The Balaban J connectivity index is 0. The van der Waals surface area contributed by atoms with Crippen LogP contribution in [0.1, 0.15) is 20.3 Å². The predicted molar refractivity (Wildman–Crippen MR) is 62.8 cm³/mol. The maximum absolute atomic E-state index is 10.5. The Labute approximate surface area is 105 Å². The summed E-state index contributed by atoms with van der Waals surface area (Å²) in [7, 11) is 0. The van der Waals surface area contributed by atoms with E-state index in [0.717, 1.165) is 0 Å². The highest BCUT2D eigenvalue weighted by atomic mass is 16.5. The van der Waals surface area contributed by atoms with Gasteiger partial charge in [0.2, 0.25) is 0 Å². The number of carbonyl (C=O) groups excluding carboxylic acids is 2. The third-order valence-electron chi connectivity index (χ3n) is 1.27. The standard InChI is InChI=1S/C5H10N2O3.C5H7NO2/c1-2-10-5(8)3-4(6)7-9;1-3-8-5(7)4-6-2/h9H,2-3H2,1H3,(H2,6,7);3-4H2,1H3. The number of hydrogen-bond donors (Lipinski definition) is 2. The molecule has 8 heteroatoms. The molecule has 0 saturated heterocycles. The molecule has 0 aliphatic heterocycles. The topological polar surface area (TPSA) is 116 Å². The Kier molecular flexibility index (Phi) is 12.8. The second-order valence-electron chi connectivity index (χ2n) is 2.69. The summed E-state index contributed by atoms with van der Waals surface area (Å²) < 4.78 is 8.93. The van der Waals surface area contributed by atoms with Gasteiger partial charge in [-0.2, -0.15) is 0 Å². The van der Waals surface area contributed by atoms with Crippen LogP contribution in [0.25, 0.3) is 4.85 Å². The number of esters is 2. The fourth-order valence-corrected chi connectivity index (χ4v) is 0.666. The zero-order valence-electron chi connectivity index (χ0n) is 10.4. The second kappa shape index (κ2) is 12.8. The molecule has 8 nitrogen and oxygen atoms in total. The van der Waals surface area contributed by atoms with E-state index >= 15 is 0 Å². The molecule has 0 heterocycles. The van der Waals surface area contributed by atoms with E-state index in [4.69, 9.17) is 17.5 Å². The summed E-state index contributed by atoms with van der Waals surface area (Å²) >= 11 is 0. The fraction of sp³-hybridized carbons (Fsp3) is 0.600. The Morgan fingerprint density at radius 1 is 1.28 bits per heavy atom. The molecular weight excluding hydrogens is 242 g/mol. The van der Waals surface area contributed by atoms with Gasteiger partial charge in [0.25, 0.3) is 0 Å². The Hall–Kier alpha value is -2.30. The summed E-state index contributed by atoms with van der Waals surface area (Å²) in [5.41, 5.74) is 5.00. The van der Waals surface area contributed by atoms with E-state index in [1.54, 1.807) is 13.8 Å². The summed E-state index contributed by atoms with van der Waals surface area (Å²) in [5.74, 6) is -1.07. The molecule has 0 fully saturated rings. The van der Waals surface area contributed by atoms with Gasteiger partial charge < -0.3 is 25.3 Å². The number of hydrogen-bond acceptors (Lipinski definition) is 6. The highest BCUT2D eigenvalue weighted by molar-refractivity contribution is 5.96. The van der Waals surface area contributed by atoms with Gasteiger partial charge in [0.1, 0.15) is 12.3 Å². The maximum atomic E-state index is 10.5. The Morgan fingerprint density at radius 2 is 1.78 bits per heavy atom. The molecule has 0 aromatic rings. The number of nitrogens with zero attached hydrogens (tertiary/aromatic N) is 2. The van der Waals surface area contributed by atoms with Gasteiger partial charge in [-0.05, 0) is 13.8 Å². The molecule has 0 unspecified atom stereocenters. The quantitative estimate of drug-likeness (QED) is 0.181. The zero-order chi connectivity index (χ0) is 14.4. The lowest BCUT2D eigenvalue weighted by molar-refractivity contribution is -0.142. The molecule has 3 N–H and O–H groups in total. The van der Waals surface area contributed by atoms with Gasteiger partial charge in [0, 0.05) is 0 Å². The van der Waals surface area contributed by atoms with Gasteiger partial charge in [-0.3, -0.25) is 4.79 Å². The molecule has 0 bridgehead atoms. The first-order valence-corrected chi connectivity index (χ1v) is 5.12. The van der Waals surface area contributed by atoms with E-state index in [1.165, 1.54) is 0 Å². The molecule has 0 aromatic heterocycles. The van der Waals surface area contributed by atoms with Crippen LogP contribution >= 0.6 is 0 Å². The molecule has 0 saturated carbocycles. The van der Waals surface area contributed by atoms with E-state index < -0.39 is 11.9 Å². The van der Waals surface area contributed by atoms with Crippen molar-refractivity contribution in [3.05, 3.63) is 11.4 Å². The van der Waals surface area contributed by atoms with E-state index in [1.807, 2.05) is 0 Å². The van der Waals surface area contributed by atoms with Crippen molar-refractivity contribution >= 4 is 17.8 Å². The van der Waals surface area contributed by atoms with Gasteiger partial charge in [0.05, 0.1) is 13.2 Å². The summed E-state index contributed by atoms with van der Waals surface area (Å²) in [5, 5.41) is 10.6. The van der Waals surface area contributed by atoms with Crippen LogP contribution < -0.4 is 5.73 Å². The molecule has 0 amide bonds. The van der Waals surface area contributed by atoms with E-state index in [2.05, 4.69) is 19.5 Å². The van der Waals surface area contributed by atoms with E-state index in [0.29, 0.717) is 13.2 Å². The summed E-state index contributed by atoms with van der Waals surface area (Å²) in [6, 6.07) is 0. The number of oxime groups is 1. The lowest BCUT2D eigenvalue weighted by atomic mass is 10.4. The highest BCUT2D eigenvalue weighted by Gasteiger charge is 2.03. The predicted octanol–water partition coefficient (Wildman–Crippen LogP) is 0.155. The SMILES string of the molecule is CCOC(=O)C/C(N)=N\O.[C-]#[N+]CC(=O)OCC. The number of carbonyl (C=O) groups is 2. The summed E-state index contributed by atoms with van der Waals surface area (Å²) in [6.45, 7) is 10.1. The van der Waals surface area contributed by atoms with Crippen LogP contribution in [0.3, 0.4) is 0 Å². The van der Waals surface area contributed by atoms with Crippen molar-refractivity contribution in [3.63, 3.8) is 0 Å². The molecule has 18 heavy (non-hydrogen) atoms. The van der Waals surface area contributed by atoms with Crippen LogP contribution in [0.4, 0.5) is 0 Å². The van der Waals surface area contributed by atoms with Crippen LogP contribution in [0.5, 0.6) is 0 Å². The smallest absolute Gasteiger partial charge is 0.387 e. The Morgan fingerprint density at radius 3 is 2.17 bits per heavy atom. The van der Waals surface area contributed by atoms with Crippen molar-refractivity contribution in [2.45, 2.75) is 20.3 Å². The minimum atomic E-state index is -0.488. The second-order valence-corrected chi connectivity index (χ2v) is 2.69. The molecule has 0 rings (SSSR count). The monoisotopic (exact) mass is 259 g/mol. The molecular formula is C10H17N3O5. The lowest BCUT2D eigenvalue weighted by Gasteiger charge is -1.98. The number of ether oxygens (including phenoxy) is 2. The zero-order valence-corrected chi connectivity index (χ0v) is 10.4. The first kappa shape index (κ1) is 18.1. The Bertz CT molecular complexity index is 322. The van der Waals surface area contributed by atoms with Gasteiger partial charge in [-0.25, -0.2) is 11.4 Å². The molecule has 0 atom stereocenters. The molecule has 0 aliphatic rings. The first-order valence-electron chi connectivity index (χ1n) is 5.12.